The summed E-state index contributed by atoms with van der Waals surface area (Å²) in [4.78, 5) is 0. The van der Waals surface area contributed by atoms with E-state index in [4.69, 9.17) is 0 Å². The molecule has 0 radical (unpaired) electrons. The van der Waals surface area contributed by atoms with E-state index in [9.17, 15) is 13.0 Å². The van der Waals surface area contributed by atoms with E-state index in [-0.39, 0.29) is 5.75 Å². The van der Waals surface area contributed by atoms with Gasteiger partial charge in [0, 0.05) is 5.75 Å². The van der Waals surface area contributed by atoms with Gasteiger partial charge in [0.2, 0.25) is 0 Å². The van der Waals surface area contributed by atoms with Crippen molar-refractivity contribution in [2.45, 2.75) is 44.9 Å². The van der Waals surface area contributed by atoms with Crippen molar-refractivity contribution in [2.24, 2.45) is 0 Å². The molecule has 0 rings (SSSR count). The first kappa shape index (κ1) is 13.7. The van der Waals surface area contributed by atoms with Crippen molar-refractivity contribution in [2.75, 3.05) is 5.75 Å². The first-order chi connectivity index (χ1) is 6.56. The summed E-state index contributed by atoms with van der Waals surface area (Å²) in [6.45, 7) is 3.63. The number of allylic oxidation sites excluding steroid dienone is 1. The van der Waals surface area contributed by atoms with Gasteiger partial charge in [0.25, 0.3) is 0 Å². The van der Waals surface area contributed by atoms with Gasteiger partial charge in [-0.2, -0.15) is 0 Å². The highest BCUT2D eigenvalue weighted by Crippen LogP contribution is 2.07. The predicted octanol–water partition coefficient (Wildman–Crippen LogP) is 2.45. The Kier molecular flexibility index (Phi) is 7.80. The third-order valence-electron chi connectivity index (χ3n) is 2.05. The van der Waals surface area contributed by atoms with Crippen LogP contribution < -0.4 is 0 Å². The molecule has 0 aliphatic heterocycles. The molecule has 4 heteroatoms. The lowest BCUT2D eigenvalue weighted by atomic mass is 10.1. The third kappa shape index (κ3) is 11.6. The number of unbranched alkanes of at least 4 members (excludes halogenated alkanes) is 6. The molecule has 0 atom stereocenters. The van der Waals surface area contributed by atoms with E-state index in [0.717, 1.165) is 38.5 Å². The minimum Gasteiger partial charge on any atom is -0.748 e. The van der Waals surface area contributed by atoms with Crippen LogP contribution in [0.2, 0.25) is 0 Å². The van der Waals surface area contributed by atoms with Crippen molar-refractivity contribution in [1.82, 2.24) is 0 Å². The van der Waals surface area contributed by atoms with Gasteiger partial charge in [0.1, 0.15) is 0 Å². The molecule has 0 bridgehead atoms. The Hall–Kier alpha value is -0.350. The van der Waals surface area contributed by atoms with E-state index in [1.165, 1.54) is 0 Å². The van der Waals surface area contributed by atoms with Gasteiger partial charge < -0.3 is 4.55 Å². The second-order valence-electron chi connectivity index (χ2n) is 3.46. The molecular weight excluding hydrogens is 200 g/mol. The first-order valence-electron chi connectivity index (χ1n) is 5.11. The Morgan fingerprint density at radius 2 is 1.50 bits per heavy atom. The molecule has 0 fully saturated rings. The zero-order valence-corrected chi connectivity index (χ0v) is 9.39. The van der Waals surface area contributed by atoms with Crippen molar-refractivity contribution in [3.8, 4) is 0 Å². The highest BCUT2D eigenvalue weighted by Gasteiger charge is 1.95. The number of hydrogen-bond acceptors (Lipinski definition) is 3. The smallest absolute Gasteiger partial charge is 0.0945 e. The normalized spacial score (nSPS) is 11.5. The van der Waals surface area contributed by atoms with Gasteiger partial charge in [-0.05, 0) is 19.3 Å². The van der Waals surface area contributed by atoms with E-state index in [0.29, 0.717) is 6.42 Å². The molecule has 0 amide bonds. The Morgan fingerprint density at radius 3 is 2.00 bits per heavy atom. The lowest BCUT2D eigenvalue weighted by Gasteiger charge is -2.05. The van der Waals surface area contributed by atoms with Crippen LogP contribution in [-0.2, 0) is 10.1 Å². The van der Waals surface area contributed by atoms with Gasteiger partial charge >= 0.3 is 0 Å². The van der Waals surface area contributed by atoms with Gasteiger partial charge in [-0.15, -0.1) is 6.58 Å². The zero-order valence-electron chi connectivity index (χ0n) is 8.57. The molecule has 0 aliphatic rings. The fraction of sp³-hybridized carbons (Fsp3) is 0.800. The predicted molar refractivity (Wildman–Crippen MR) is 57.1 cm³/mol. The highest BCUT2D eigenvalue weighted by atomic mass is 32.2. The fourth-order valence-corrected chi connectivity index (χ4v) is 1.83. The largest absolute Gasteiger partial charge is 0.748 e. The molecular formula is C10H19O3S-. The minimum atomic E-state index is -3.99. The monoisotopic (exact) mass is 219 g/mol. The van der Waals surface area contributed by atoms with E-state index >= 15 is 0 Å². The summed E-state index contributed by atoms with van der Waals surface area (Å²) >= 11 is 0. The topological polar surface area (TPSA) is 57.2 Å². The van der Waals surface area contributed by atoms with Crippen LogP contribution in [0, 0.1) is 0 Å². The molecule has 0 unspecified atom stereocenters. The third-order valence-corrected chi connectivity index (χ3v) is 2.84. The maximum absolute atomic E-state index is 10.2. The Labute approximate surface area is 87.0 Å². The molecule has 84 valence electrons. The maximum Gasteiger partial charge on any atom is 0.0945 e. The molecule has 3 nitrogen and oxygen atoms in total. The minimum absolute atomic E-state index is 0.209. The Morgan fingerprint density at radius 1 is 1.00 bits per heavy atom. The lowest BCUT2D eigenvalue weighted by Crippen LogP contribution is -2.03. The summed E-state index contributed by atoms with van der Waals surface area (Å²) in [7, 11) is -3.99. The van der Waals surface area contributed by atoms with E-state index in [2.05, 4.69) is 6.58 Å². The average Bonchev–Trinajstić information content (AvgIpc) is 2.08. The highest BCUT2D eigenvalue weighted by molar-refractivity contribution is 7.85. The van der Waals surface area contributed by atoms with Crippen molar-refractivity contribution in [1.29, 1.82) is 0 Å². The molecule has 0 spiro atoms. The number of hydrogen-bond donors (Lipinski definition) is 0. The van der Waals surface area contributed by atoms with Crippen molar-refractivity contribution in [3.05, 3.63) is 12.7 Å². The quantitative estimate of drug-likeness (QED) is 0.340. The average molecular weight is 219 g/mol. The van der Waals surface area contributed by atoms with E-state index < -0.39 is 10.1 Å². The first-order valence-corrected chi connectivity index (χ1v) is 6.68. The van der Waals surface area contributed by atoms with Gasteiger partial charge in [-0.25, -0.2) is 8.42 Å². The van der Waals surface area contributed by atoms with Crippen LogP contribution in [0.15, 0.2) is 12.7 Å². The van der Waals surface area contributed by atoms with Crippen LogP contribution >= 0.6 is 0 Å². The van der Waals surface area contributed by atoms with Gasteiger partial charge in [0.05, 0.1) is 10.1 Å². The summed E-state index contributed by atoms with van der Waals surface area (Å²) < 4.78 is 30.7. The van der Waals surface area contributed by atoms with Gasteiger partial charge in [0.15, 0.2) is 0 Å². The standard InChI is InChI=1S/C10H20O3S/c1-2-3-4-5-6-7-8-9-10-14(11,12)13/h2H,1,3-10H2,(H,11,12,13)/p-1. The van der Waals surface area contributed by atoms with Crippen LogP contribution in [-0.4, -0.2) is 18.7 Å². The summed E-state index contributed by atoms with van der Waals surface area (Å²) in [5.74, 6) is -0.209. The summed E-state index contributed by atoms with van der Waals surface area (Å²) in [6.07, 6.45) is 8.76. The Balaban J connectivity index is 3.10. The van der Waals surface area contributed by atoms with Crippen LogP contribution in [0.1, 0.15) is 44.9 Å². The van der Waals surface area contributed by atoms with E-state index in [1.54, 1.807) is 0 Å². The van der Waals surface area contributed by atoms with E-state index in [1.807, 2.05) is 6.08 Å². The molecule has 0 saturated heterocycles. The molecule has 14 heavy (non-hydrogen) atoms. The maximum atomic E-state index is 10.2. The zero-order chi connectivity index (χ0) is 10.9. The SMILES string of the molecule is C=CCCCCCCCCS(=O)(=O)[O-]. The molecule has 0 aromatic rings. The fourth-order valence-electron chi connectivity index (χ4n) is 1.27. The molecule has 0 aromatic carbocycles. The summed E-state index contributed by atoms with van der Waals surface area (Å²) in [5.41, 5.74) is 0. The van der Waals surface area contributed by atoms with Gasteiger partial charge in [-0.3, -0.25) is 0 Å². The van der Waals surface area contributed by atoms with Crippen LogP contribution in [0.25, 0.3) is 0 Å². The second kappa shape index (κ2) is 8.00. The molecule has 0 aromatic heterocycles. The number of rotatable bonds is 9. The molecule has 0 heterocycles. The van der Waals surface area contributed by atoms with Crippen LogP contribution in [0.4, 0.5) is 0 Å². The van der Waals surface area contributed by atoms with Crippen molar-refractivity contribution >= 4 is 10.1 Å². The summed E-state index contributed by atoms with van der Waals surface area (Å²) in [6, 6.07) is 0. The summed E-state index contributed by atoms with van der Waals surface area (Å²) in [5, 5.41) is 0. The Bertz CT molecular complexity index is 232. The van der Waals surface area contributed by atoms with Crippen molar-refractivity contribution in [3.63, 3.8) is 0 Å². The van der Waals surface area contributed by atoms with Crippen LogP contribution in [0.5, 0.6) is 0 Å². The lowest BCUT2D eigenvalue weighted by molar-refractivity contribution is 0.459. The van der Waals surface area contributed by atoms with Crippen LogP contribution in [0.3, 0.4) is 0 Å². The van der Waals surface area contributed by atoms with Gasteiger partial charge in [-0.1, -0.05) is 31.8 Å². The van der Waals surface area contributed by atoms with Crippen molar-refractivity contribution < 1.29 is 13.0 Å². The molecule has 0 aliphatic carbocycles. The molecule has 0 saturated carbocycles. The second-order valence-corrected chi connectivity index (χ2v) is 4.98. The molecule has 0 N–H and O–H groups in total.